The number of ether oxygens (including phenoxy) is 1. The zero-order chi connectivity index (χ0) is 11.3. The number of hydrogen-bond donors (Lipinski definition) is 1. The average molecular weight is 251 g/mol. The second kappa shape index (κ2) is 5.98. The van der Waals surface area contributed by atoms with Gasteiger partial charge in [-0.3, -0.25) is 0 Å². The molecule has 1 rings (SSSR count). The molecular formula is C9H12Cl2N2O2. The lowest BCUT2D eigenvalue weighted by molar-refractivity contribution is 0.0485. The molecule has 0 saturated heterocycles. The minimum atomic E-state index is -0.528. The summed E-state index contributed by atoms with van der Waals surface area (Å²) in [7, 11) is 0. The van der Waals surface area contributed by atoms with Crippen molar-refractivity contribution in [2.45, 2.75) is 26.2 Å². The summed E-state index contributed by atoms with van der Waals surface area (Å²) < 4.78 is 4.95. The highest BCUT2D eigenvalue weighted by atomic mass is 35.5. The summed E-state index contributed by atoms with van der Waals surface area (Å²) in [5.41, 5.74) is 0. The number of nitrogens with one attached hydrogen (secondary N) is 1. The first-order valence-electron chi connectivity index (χ1n) is 4.73. The lowest BCUT2D eigenvalue weighted by atomic mass is 10.3. The van der Waals surface area contributed by atoms with E-state index < -0.39 is 5.97 Å². The van der Waals surface area contributed by atoms with Crippen molar-refractivity contribution in [3.8, 4) is 0 Å². The van der Waals surface area contributed by atoms with Gasteiger partial charge in [-0.2, -0.15) is 0 Å². The second-order valence-electron chi connectivity index (χ2n) is 3.03. The second-order valence-corrected chi connectivity index (χ2v) is 3.77. The zero-order valence-electron chi connectivity index (χ0n) is 8.35. The van der Waals surface area contributed by atoms with Crippen molar-refractivity contribution in [2.75, 3.05) is 6.61 Å². The third-order valence-electron chi connectivity index (χ3n) is 1.79. The molecule has 0 radical (unpaired) electrons. The normalized spacial score (nSPS) is 10.3. The smallest absolute Gasteiger partial charge is 0.374 e. The largest absolute Gasteiger partial charge is 0.460 e. The number of unbranched alkanes of at least 4 members (excludes halogenated alkanes) is 2. The van der Waals surface area contributed by atoms with Gasteiger partial charge in [0.2, 0.25) is 5.82 Å². The highest BCUT2D eigenvalue weighted by Crippen LogP contribution is 2.18. The minimum absolute atomic E-state index is 0.0431. The maximum atomic E-state index is 11.3. The molecule has 0 aliphatic carbocycles. The molecule has 0 aliphatic heterocycles. The number of esters is 1. The van der Waals surface area contributed by atoms with Crippen molar-refractivity contribution in [2.24, 2.45) is 0 Å². The van der Waals surface area contributed by atoms with E-state index in [-0.39, 0.29) is 16.1 Å². The van der Waals surface area contributed by atoms with Crippen LogP contribution in [0.2, 0.25) is 10.3 Å². The van der Waals surface area contributed by atoms with Gasteiger partial charge in [0.25, 0.3) is 0 Å². The number of hydrogen-bond acceptors (Lipinski definition) is 3. The Kier molecular flexibility index (Phi) is 4.91. The summed E-state index contributed by atoms with van der Waals surface area (Å²) in [6, 6.07) is 0. The molecule has 84 valence electrons. The van der Waals surface area contributed by atoms with Gasteiger partial charge in [0.15, 0.2) is 5.15 Å². The molecule has 1 N–H and O–H groups in total. The van der Waals surface area contributed by atoms with E-state index in [2.05, 4.69) is 16.9 Å². The molecule has 0 saturated carbocycles. The molecule has 1 heterocycles. The van der Waals surface area contributed by atoms with Crippen LogP contribution in [-0.2, 0) is 4.74 Å². The zero-order valence-corrected chi connectivity index (χ0v) is 9.86. The van der Waals surface area contributed by atoms with Crippen LogP contribution in [0.3, 0.4) is 0 Å². The van der Waals surface area contributed by atoms with Gasteiger partial charge in [0, 0.05) is 0 Å². The summed E-state index contributed by atoms with van der Waals surface area (Å²) in [4.78, 5) is 17.6. The highest BCUT2D eigenvalue weighted by Gasteiger charge is 2.14. The van der Waals surface area contributed by atoms with Crippen LogP contribution in [0.25, 0.3) is 0 Å². The van der Waals surface area contributed by atoms with Gasteiger partial charge in [-0.05, 0) is 6.42 Å². The number of carbonyl (C=O) groups is 1. The molecule has 1 aromatic heterocycles. The number of nitrogens with zero attached hydrogens (tertiary/aromatic N) is 1. The first-order chi connectivity index (χ1) is 7.15. The Labute approximate surface area is 97.9 Å². The molecule has 0 amide bonds. The van der Waals surface area contributed by atoms with E-state index in [0.29, 0.717) is 6.61 Å². The summed E-state index contributed by atoms with van der Waals surface area (Å²) in [6.07, 6.45) is 2.97. The van der Waals surface area contributed by atoms with E-state index in [1.165, 1.54) is 0 Å². The fourth-order valence-corrected chi connectivity index (χ4v) is 1.28. The third kappa shape index (κ3) is 3.72. The Balaban J connectivity index is 2.40. The van der Waals surface area contributed by atoms with Gasteiger partial charge < -0.3 is 9.72 Å². The molecule has 0 atom stereocenters. The van der Waals surface area contributed by atoms with E-state index >= 15 is 0 Å². The number of carbonyl (C=O) groups excluding carboxylic acids is 1. The van der Waals surface area contributed by atoms with Crippen LogP contribution >= 0.6 is 23.2 Å². The molecule has 0 bridgehead atoms. The summed E-state index contributed by atoms with van der Waals surface area (Å²) in [5, 5.41) is 0.231. The van der Waals surface area contributed by atoms with E-state index in [0.717, 1.165) is 19.3 Å². The van der Waals surface area contributed by atoms with Gasteiger partial charge in [-0.25, -0.2) is 9.78 Å². The molecule has 0 unspecified atom stereocenters. The van der Waals surface area contributed by atoms with Crippen LogP contribution in [0.1, 0.15) is 36.8 Å². The van der Waals surface area contributed by atoms with Crippen LogP contribution in [0.4, 0.5) is 0 Å². The molecule has 15 heavy (non-hydrogen) atoms. The number of aromatic amines is 1. The third-order valence-corrected chi connectivity index (χ3v) is 2.44. The Hall–Kier alpha value is -0.740. The standard InChI is InChI=1S/C9H12Cl2N2O2/c1-2-3-4-5-15-9(14)8-12-6(10)7(11)13-8/h2-5H2,1H3,(H,12,13). The highest BCUT2D eigenvalue weighted by molar-refractivity contribution is 6.40. The molecule has 4 nitrogen and oxygen atoms in total. The number of imidazole rings is 1. The summed E-state index contributed by atoms with van der Waals surface area (Å²) >= 11 is 11.2. The van der Waals surface area contributed by atoms with Gasteiger partial charge in [-0.1, -0.05) is 43.0 Å². The average Bonchev–Trinajstić information content (AvgIpc) is 2.54. The topological polar surface area (TPSA) is 55.0 Å². The number of rotatable bonds is 5. The van der Waals surface area contributed by atoms with Gasteiger partial charge in [0.1, 0.15) is 5.15 Å². The van der Waals surface area contributed by atoms with Crippen molar-refractivity contribution in [1.82, 2.24) is 9.97 Å². The Morgan fingerprint density at radius 2 is 2.20 bits per heavy atom. The van der Waals surface area contributed by atoms with Crippen molar-refractivity contribution in [3.63, 3.8) is 0 Å². The Morgan fingerprint density at radius 3 is 2.73 bits per heavy atom. The number of H-pyrrole nitrogens is 1. The van der Waals surface area contributed by atoms with Crippen LogP contribution in [0.5, 0.6) is 0 Å². The van der Waals surface area contributed by atoms with Crippen LogP contribution < -0.4 is 0 Å². The van der Waals surface area contributed by atoms with Crippen LogP contribution in [0.15, 0.2) is 0 Å². The first-order valence-corrected chi connectivity index (χ1v) is 5.49. The predicted molar refractivity (Wildman–Crippen MR) is 58.4 cm³/mol. The number of halogens is 2. The maximum absolute atomic E-state index is 11.3. The van der Waals surface area contributed by atoms with E-state index in [9.17, 15) is 4.79 Å². The fourth-order valence-electron chi connectivity index (χ4n) is 1.01. The molecular weight excluding hydrogens is 239 g/mol. The fraction of sp³-hybridized carbons (Fsp3) is 0.556. The molecule has 0 fully saturated rings. The van der Waals surface area contributed by atoms with Crippen molar-refractivity contribution < 1.29 is 9.53 Å². The van der Waals surface area contributed by atoms with Crippen LogP contribution in [0, 0.1) is 0 Å². The molecule has 6 heteroatoms. The maximum Gasteiger partial charge on any atom is 0.374 e. The summed E-state index contributed by atoms with van der Waals surface area (Å²) in [5.74, 6) is -0.485. The van der Waals surface area contributed by atoms with Crippen molar-refractivity contribution >= 4 is 29.2 Å². The Morgan fingerprint density at radius 1 is 1.47 bits per heavy atom. The molecule has 1 aromatic rings. The van der Waals surface area contributed by atoms with Crippen molar-refractivity contribution in [1.29, 1.82) is 0 Å². The lowest BCUT2D eigenvalue weighted by Gasteiger charge is -2.00. The molecule has 0 aliphatic rings. The van der Waals surface area contributed by atoms with Gasteiger partial charge in [-0.15, -0.1) is 0 Å². The lowest BCUT2D eigenvalue weighted by Crippen LogP contribution is -2.08. The Bertz CT molecular complexity index is 319. The molecule has 0 spiro atoms. The van der Waals surface area contributed by atoms with E-state index in [4.69, 9.17) is 27.9 Å². The molecule has 0 aromatic carbocycles. The SMILES string of the molecule is CCCCCOC(=O)c1nc(Cl)c(Cl)[nH]1. The van der Waals surface area contributed by atoms with Crippen LogP contribution in [-0.4, -0.2) is 22.5 Å². The monoisotopic (exact) mass is 250 g/mol. The summed E-state index contributed by atoms with van der Waals surface area (Å²) in [6.45, 7) is 2.47. The van der Waals surface area contributed by atoms with Crippen molar-refractivity contribution in [3.05, 3.63) is 16.1 Å². The first kappa shape index (κ1) is 12.3. The predicted octanol–water partition coefficient (Wildman–Crippen LogP) is 3.06. The minimum Gasteiger partial charge on any atom is -0.460 e. The van der Waals surface area contributed by atoms with E-state index in [1.807, 2.05) is 0 Å². The quantitative estimate of drug-likeness (QED) is 0.646. The van der Waals surface area contributed by atoms with Gasteiger partial charge >= 0.3 is 5.97 Å². The van der Waals surface area contributed by atoms with E-state index in [1.54, 1.807) is 0 Å². The van der Waals surface area contributed by atoms with Gasteiger partial charge in [0.05, 0.1) is 6.61 Å². The number of aromatic nitrogens is 2.